The van der Waals surface area contributed by atoms with E-state index in [2.05, 4.69) is 29.4 Å². The summed E-state index contributed by atoms with van der Waals surface area (Å²) in [6.07, 6.45) is 0. The van der Waals surface area contributed by atoms with Crippen LogP contribution in [0.1, 0.15) is 60.2 Å². The Morgan fingerprint density at radius 2 is 1.81 bits per heavy atom. The lowest BCUT2D eigenvalue weighted by molar-refractivity contribution is -0.117. The lowest BCUT2D eigenvalue weighted by Crippen LogP contribution is -2.40. The third kappa shape index (κ3) is 6.32. The summed E-state index contributed by atoms with van der Waals surface area (Å²) in [5.41, 5.74) is 0.754. The van der Waals surface area contributed by atoms with Crippen molar-refractivity contribution in [2.45, 2.75) is 47.6 Å². The first-order valence-corrected chi connectivity index (χ1v) is 10.00. The van der Waals surface area contributed by atoms with Crippen LogP contribution in [-0.2, 0) is 9.53 Å². The van der Waals surface area contributed by atoms with Crippen molar-refractivity contribution in [2.24, 2.45) is 5.92 Å². The fourth-order valence-corrected chi connectivity index (χ4v) is 3.82. The minimum absolute atomic E-state index is 0.213. The zero-order valence-electron chi connectivity index (χ0n) is 17.3. The number of amides is 2. The van der Waals surface area contributed by atoms with E-state index < -0.39 is 5.97 Å². The van der Waals surface area contributed by atoms with Crippen LogP contribution in [0.25, 0.3) is 0 Å². The molecule has 0 fully saturated rings. The highest BCUT2D eigenvalue weighted by molar-refractivity contribution is 7.18. The molecular formula is C19H31N3O4S. The average molecular weight is 398 g/mol. The summed E-state index contributed by atoms with van der Waals surface area (Å²) in [7, 11) is 1.52. The lowest BCUT2D eigenvalue weighted by Gasteiger charge is -2.27. The molecule has 0 aromatic carbocycles. The van der Waals surface area contributed by atoms with Gasteiger partial charge in [-0.15, -0.1) is 11.3 Å². The third-order valence-electron chi connectivity index (χ3n) is 3.99. The van der Waals surface area contributed by atoms with Gasteiger partial charge in [0.05, 0.1) is 23.6 Å². The Morgan fingerprint density at radius 3 is 2.30 bits per heavy atom. The summed E-state index contributed by atoms with van der Waals surface area (Å²) < 4.78 is 5.10. The second-order valence-corrected chi connectivity index (χ2v) is 8.05. The maximum absolute atomic E-state index is 12.6. The van der Waals surface area contributed by atoms with E-state index >= 15 is 0 Å². The normalized spacial score (nSPS) is 11.2. The molecule has 0 atom stereocenters. The number of carbonyl (C=O) groups is 3. The number of esters is 1. The Hall–Kier alpha value is -1.93. The van der Waals surface area contributed by atoms with Gasteiger partial charge >= 0.3 is 5.97 Å². The van der Waals surface area contributed by atoms with Crippen LogP contribution in [0.2, 0.25) is 0 Å². The highest BCUT2D eigenvalue weighted by Crippen LogP contribution is 2.33. The van der Waals surface area contributed by atoms with Gasteiger partial charge < -0.3 is 15.4 Å². The molecule has 1 rings (SSSR count). The molecule has 0 bridgehead atoms. The van der Waals surface area contributed by atoms with E-state index in [4.69, 9.17) is 4.74 Å². The van der Waals surface area contributed by atoms with Crippen molar-refractivity contribution in [1.82, 2.24) is 10.2 Å². The molecule has 0 unspecified atom stereocenters. The van der Waals surface area contributed by atoms with E-state index in [0.29, 0.717) is 21.4 Å². The summed E-state index contributed by atoms with van der Waals surface area (Å²) >= 11 is 1.09. The number of nitrogens with one attached hydrogen (secondary N) is 2. The van der Waals surface area contributed by atoms with Gasteiger partial charge in [-0.1, -0.05) is 13.8 Å². The van der Waals surface area contributed by atoms with Crippen LogP contribution in [0.15, 0.2) is 0 Å². The van der Waals surface area contributed by atoms with Gasteiger partial charge in [-0.05, 0) is 39.2 Å². The standard InChI is InChI=1S/C19H31N3O4S/c1-8-26-19(25)15-13(6)16(17(24)20-7)27-18(15)21-14(23)10-22(12(4)5)9-11(2)3/h11-12H,8-10H2,1-7H3,(H,20,24)(H,21,23). The Morgan fingerprint density at radius 1 is 1.19 bits per heavy atom. The van der Waals surface area contributed by atoms with Gasteiger partial charge in [-0.25, -0.2) is 4.79 Å². The maximum Gasteiger partial charge on any atom is 0.341 e. The number of hydrogen-bond donors (Lipinski definition) is 2. The number of ether oxygens (including phenoxy) is 1. The molecule has 0 aliphatic heterocycles. The van der Waals surface area contributed by atoms with Gasteiger partial charge in [0.25, 0.3) is 5.91 Å². The fraction of sp³-hybridized carbons (Fsp3) is 0.632. The van der Waals surface area contributed by atoms with E-state index in [1.807, 2.05) is 13.8 Å². The predicted molar refractivity (Wildman–Crippen MR) is 109 cm³/mol. The minimum atomic E-state index is -0.542. The molecule has 0 spiro atoms. The van der Waals surface area contributed by atoms with Crippen molar-refractivity contribution >= 4 is 34.1 Å². The summed E-state index contributed by atoms with van der Waals surface area (Å²) in [4.78, 5) is 39.5. The molecule has 0 aliphatic rings. The molecule has 1 heterocycles. The van der Waals surface area contributed by atoms with Crippen LogP contribution >= 0.6 is 11.3 Å². The number of rotatable bonds is 9. The smallest absolute Gasteiger partial charge is 0.341 e. The molecule has 0 radical (unpaired) electrons. The van der Waals surface area contributed by atoms with Gasteiger partial charge in [0.15, 0.2) is 0 Å². The largest absolute Gasteiger partial charge is 0.462 e. The van der Waals surface area contributed by atoms with E-state index in [9.17, 15) is 14.4 Å². The molecule has 0 saturated heterocycles. The van der Waals surface area contributed by atoms with Crippen LogP contribution in [0, 0.1) is 12.8 Å². The van der Waals surface area contributed by atoms with Crippen molar-refractivity contribution in [3.63, 3.8) is 0 Å². The Kier molecular flexibility index (Phi) is 8.92. The molecule has 0 saturated carbocycles. The fourth-order valence-electron chi connectivity index (χ4n) is 2.66. The number of nitrogens with zero attached hydrogens (tertiary/aromatic N) is 1. The topological polar surface area (TPSA) is 87.7 Å². The van der Waals surface area contributed by atoms with Crippen molar-refractivity contribution in [3.05, 3.63) is 16.0 Å². The van der Waals surface area contributed by atoms with Gasteiger partial charge in [-0.3, -0.25) is 14.5 Å². The number of thiophene rings is 1. The third-order valence-corrected chi connectivity index (χ3v) is 5.20. The zero-order chi connectivity index (χ0) is 20.7. The lowest BCUT2D eigenvalue weighted by atomic mass is 10.1. The first-order chi connectivity index (χ1) is 12.6. The maximum atomic E-state index is 12.6. The summed E-state index contributed by atoms with van der Waals surface area (Å²) in [6.45, 7) is 12.9. The summed E-state index contributed by atoms with van der Waals surface area (Å²) in [5, 5.41) is 5.71. The summed E-state index contributed by atoms with van der Waals surface area (Å²) in [5.74, 6) is -0.634. The average Bonchev–Trinajstić information content (AvgIpc) is 2.89. The first-order valence-electron chi connectivity index (χ1n) is 9.18. The number of anilines is 1. The number of carbonyl (C=O) groups excluding carboxylic acids is 3. The highest BCUT2D eigenvalue weighted by atomic mass is 32.1. The molecule has 152 valence electrons. The van der Waals surface area contributed by atoms with Crippen molar-refractivity contribution in [1.29, 1.82) is 0 Å². The molecule has 2 amide bonds. The van der Waals surface area contributed by atoms with Crippen LogP contribution in [-0.4, -0.2) is 55.5 Å². The van der Waals surface area contributed by atoms with Crippen LogP contribution in [0.4, 0.5) is 5.00 Å². The molecular weight excluding hydrogens is 366 g/mol. The summed E-state index contributed by atoms with van der Waals surface area (Å²) in [6, 6.07) is 0.217. The minimum Gasteiger partial charge on any atom is -0.462 e. The number of hydrogen-bond acceptors (Lipinski definition) is 6. The molecule has 8 heteroatoms. The second kappa shape index (κ2) is 10.4. The molecule has 1 aromatic heterocycles. The van der Waals surface area contributed by atoms with E-state index in [1.54, 1.807) is 13.8 Å². The zero-order valence-corrected chi connectivity index (χ0v) is 18.1. The highest BCUT2D eigenvalue weighted by Gasteiger charge is 2.26. The van der Waals surface area contributed by atoms with Gasteiger partial charge in [0.2, 0.25) is 5.91 Å². The quantitative estimate of drug-likeness (QED) is 0.626. The monoisotopic (exact) mass is 397 g/mol. The van der Waals surface area contributed by atoms with Crippen LogP contribution < -0.4 is 10.6 Å². The Balaban J connectivity index is 3.11. The van der Waals surface area contributed by atoms with E-state index in [1.165, 1.54) is 7.05 Å². The van der Waals surface area contributed by atoms with Crippen molar-refractivity contribution in [3.8, 4) is 0 Å². The van der Waals surface area contributed by atoms with Crippen molar-refractivity contribution < 1.29 is 19.1 Å². The van der Waals surface area contributed by atoms with Gasteiger partial charge in [0, 0.05) is 19.6 Å². The van der Waals surface area contributed by atoms with E-state index in [-0.39, 0.29) is 36.6 Å². The molecule has 27 heavy (non-hydrogen) atoms. The first kappa shape index (κ1) is 23.1. The van der Waals surface area contributed by atoms with Crippen LogP contribution in [0.3, 0.4) is 0 Å². The molecule has 1 aromatic rings. The molecule has 0 aliphatic carbocycles. The molecule has 2 N–H and O–H groups in total. The SMILES string of the molecule is CCOC(=O)c1c(NC(=O)CN(CC(C)C)C(C)C)sc(C(=O)NC)c1C. The molecule has 7 nitrogen and oxygen atoms in total. The van der Waals surface area contributed by atoms with Gasteiger partial charge in [0.1, 0.15) is 5.00 Å². The predicted octanol–water partition coefficient (Wildman–Crippen LogP) is 2.90. The van der Waals surface area contributed by atoms with Crippen LogP contribution in [0.5, 0.6) is 0 Å². The second-order valence-electron chi connectivity index (χ2n) is 7.03. The van der Waals surface area contributed by atoms with Crippen molar-refractivity contribution in [2.75, 3.05) is 32.1 Å². The Bertz CT molecular complexity index is 683. The van der Waals surface area contributed by atoms with E-state index in [0.717, 1.165) is 17.9 Å². The van der Waals surface area contributed by atoms with Gasteiger partial charge in [-0.2, -0.15) is 0 Å². The Labute approximate surface area is 165 Å².